The molecule has 0 radical (unpaired) electrons. The monoisotopic (exact) mass is 398 g/mol. The molecule has 0 aromatic heterocycles. The number of benzene rings is 2. The summed E-state index contributed by atoms with van der Waals surface area (Å²) in [6.07, 6.45) is 0. The Morgan fingerprint density at radius 1 is 1.19 bits per heavy atom. The Balaban J connectivity index is 2.22. The van der Waals surface area contributed by atoms with Crippen LogP contribution in [0.25, 0.3) is 0 Å². The van der Waals surface area contributed by atoms with Gasteiger partial charge in [-0.05, 0) is 42.8 Å². The number of carbonyl (C=O) groups excluding carboxylic acids is 1. The number of nitrogens with zero attached hydrogens (tertiary/aromatic N) is 1. The zero-order chi connectivity index (χ0) is 20.2. The summed E-state index contributed by atoms with van der Waals surface area (Å²) in [6, 6.07) is 7.48. The van der Waals surface area contributed by atoms with Gasteiger partial charge in [0, 0.05) is 6.54 Å². The predicted octanol–water partition coefficient (Wildman–Crippen LogP) is 2.93. The van der Waals surface area contributed by atoms with Gasteiger partial charge in [0.05, 0.1) is 18.6 Å². The first-order valence-corrected chi connectivity index (χ1v) is 9.53. The number of hydrogen-bond donors (Lipinski definition) is 1. The Labute approximate surface area is 156 Å². The summed E-state index contributed by atoms with van der Waals surface area (Å²) in [6.45, 7) is 2.67. The summed E-state index contributed by atoms with van der Waals surface area (Å²) in [5.74, 6) is -2.21. The number of nitrogens with one attached hydrogen (secondary N) is 1. The molecule has 146 valence electrons. The second-order valence-corrected chi connectivity index (χ2v) is 7.65. The van der Waals surface area contributed by atoms with Gasteiger partial charge in [-0.25, -0.2) is 17.2 Å². The topological polar surface area (TPSA) is 75.7 Å². The highest BCUT2D eigenvalue weighted by Crippen LogP contribution is 2.24. The van der Waals surface area contributed by atoms with E-state index in [1.54, 1.807) is 13.8 Å². The third kappa shape index (κ3) is 4.61. The van der Waals surface area contributed by atoms with Gasteiger partial charge in [-0.3, -0.25) is 4.79 Å². The normalized spacial score (nSPS) is 11.5. The minimum atomic E-state index is -3.98. The number of ether oxygens (including phenoxy) is 1. The van der Waals surface area contributed by atoms with Crippen LogP contribution in [-0.2, 0) is 14.8 Å². The van der Waals surface area contributed by atoms with Crippen molar-refractivity contribution in [2.24, 2.45) is 0 Å². The lowest BCUT2D eigenvalue weighted by atomic mass is 10.2. The molecule has 2 rings (SSSR count). The van der Waals surface area contributed by atoms with Gasteiger partial charge in [0.2, 0.25) is 15.9 Å². The first kappa shape index (κ1) is 20.8. The summed E-state index contributed by atoms with van der Waals surface area (Å²) in [5, 5.41) is 2.08. The van der Waals surface area contributed by atoms with Gasteiger partial charge in [0.25, 0.3) is 0 Å². The fourth-order valence-electron chi connectivity index (χ4n) is 2.48. The van der Waals surface area contributed by atoms with Crippen LogP contribution in [0.15, 0.2) is 41.3 Å². The summed E-state index contributed by atoms with van der Waals surface area (Å²) in [5.41, 5.74) is 0.00347. The van der Waals surface area contributed by atoms with Gasteiger partial charge in [-0.2, -0.15) is 4.31 Å². The van der Waals surface area contributed by atoms with Crippen LogP contribution in [0.4, 0.5) is 14.5 Å². The molecule has 1 amide bonds. The molecule has 0 unspecified atom stereocenters. The van der Waals surface area contributed by atoms with Crippen LogP contribution < -0.4 is 10.1 Å². The first-order valence-electron chi connectivity index (χ1n) is 8.09. The van der Waals surface area contributed by atoms with Crippen molar-refractivity contribution in [2.45, 2.75) is 18.7 Å². The van der Waals surface area contributed by atoms with E-state index >= 15 is 0 Å². The lowest BCUT2D eigenvalue weighted by Gasteiger charge is -2.21. The molecule has 0 aliphatic carbocycles. The van der Waals surface area contributed by atoms with E-state index in [9.17, 15) is 22.0 Å². The molecule has 27 heavy (non-hydrogen) atoms. The first-order chi connectivity index (χ1) is 12.7. The van der Waals surface area contributed by atoms with E-state index in [0.717, 1.165) is 22.5 Å². The van der Waals surface area contributed by atoms with E-state index < -0.39 is 39.8 Å². The van der Waals surface area contributed by atoms with Crippen molar-refractivity contribution in [3.8, 4) is 5.75 Å². The zero-order valence-corrected chi connectivity index (χ0v) is 15.9. The average molecular weight is 398 g/mol. The summed E-state index contributed by atoms with van der Waals surface area (Å²) >= 11 is 0. The SMILES string of the molecule is CCN(CC(=O)Nc1c(F)cccc1F)S(=O)(=O)c1ccc(OC)c(C)c1. The standard InChI is InChI=1S/C18H20F2N2O4S/c1-4-22(11-17(23)21-18-14(19)6-5-7-15(18)20)27(24,25)13-8-9-16(26-3)12(2)10-13/h5-10H,4,11H2,1-3H3,(H,21,23). The molecule has 0 saturated carbocycles. The average Bonchev–Trinajstić information content (AvgIpc) is 2.62. The molecule has 1 N–H and O–H groups in total. The van der Waals surface area contributed by atoms with Gasteiger partial charge >= 0.3 is 0 Å². The van der Waals surface area contributed by atoms with Crippen molar-refractivity contribution >= 4 is 21.6 Å². The zero-order valence-electron chi connectivity index (χ0n) is 15.1. The Morgan fingerprint density at radius 2 is 1.81 bits per heavy atom. The second kappa shape index (κ2) is 8.45. The van der Waals surface area contributed by atoms with E-state index in [4.69, 9.17) is 4.74 Å². The van der Waals surface area contributed by atoms with Gasteiger partial charge in [0.1, 0.15) is 23.1 Å². The molecule has 0 fully saturated rings. The van der Waals surface area contributed by atoms with E-state index in [1.807, 2.05) is 0 Å². The predicted molar refractivity (Wildman–Crippen MR) is 97.2 cm³/mol. The number of para-hydroxylation sites is 1. The van der Waals surface area contributed by atoms with Gasteiger partial charge in [0.15, 0.2) is 0 Å². The van der Waals surface area contributed by atoms with Gasteiger partial charge in [-0.15, -0.1) is 0 Å². The van der Waals surface area contributed by atoms with E-state index in [1.165, 1.54) is 25.3 Å². The Hall–Kier alpha value is -2.52. The highest BCUT2D eigenvalue weighted by molar-refractivity contribution is 7.89. The third-order valence-corrected chi connectivity index (χ3v) is 5.82. The second-order valence-electron chi connectivity index (χ2n) is 5.71. The van der Waals surface area contributed by atoms with Crippen LogP contribution in [0.1, 0.15) is 12.5 Å². The molecule has 2 aromatic rings. The summed E-state index contributed by atoms with van der Waals surface area (Å²) in [4.78, 5) is 12.2. The van der Waals surface area contributed by atoms with Crippen molar-refractivity contribution < 1.29 is 26.7 Å². The molecule has 0 atom stereocenters. The minimum Gasteiger partial charge on any atom is -0.496 e. The van der Waals surface area contributed by atoms with Crippen molar-refractivity contribution in [3.05, 3.63) is 53.6 Å². The van der Waals surface area contributed by atoms with Gasteiger partial charge in [-0.1, -0.05) is 13.0 Å². The number of anilines is 1. The van der Waals surface area contributed by atoms with Crippen molar-refractivity contribution in [1.82, 2.24) is 4.31 Å². The summed E-state index contributed by atoms with van der Waals surface area (Å²) in [7, 11) is -2.50. The van der Waals surface area contributed by atoms with Gasteiger partial charge < -0.3 is 10.1 Å². The third-order valence-electron chi connectivity index (χ3n) is 3.90. The Bertz CT molecular complexity index is 928. The number of rotatable bonds is 7. The van der Waals surface area contributed by atoms with Crippen LogP contribution in [0.3, 0.4) is 0 Å². The maximum Gasteiger partial charge on any atom is 0.243 e. The number of amides is 1. The minimum absolute atomic E-state index is 0.000579. The van der Waals surface area contributed by atoms with Crippen molar-refractivity contribution in [2.75, 3.05) is 25.5 Å². The molecule has 0 bridgehead atoms. The van der Waals surface area contributed by atoms with Crippen molar-refractivity contribution in [1.29, 1.82) is 0 Å². The summed E-state index contributed by atoms with van der Waals surface area (Å²) < 4.78 is 58.9. The number of hydrogen-bond acceptors (Lipinski definition) is 4. The lowest BCUT2D eigenvalue weighted by Crippen LogP contribution is -2.38. The van der Waals surface area contributed by atoms with Crippen LogP contribution in [-0.4, -0.2) is 38.8 Å². The number of likely N-dealkylation sites (N-methyl/N-ethyl adjacent to an activating group) is 1. The maximum atomic E-state index is 13.6. The maximum absolute atomic E-state index is 13.6. The lowest BCUT2D eigenvalue weighted by molar-refractivity contribution is -0.116. The molecular weight excluding hydrogens is 378 g/mol. The van der Waals surface area contributed by atoms with E-state index in [-0.39, 0.29) is 11.4 Å². The van der Waals surface area contributed by atoms with Crippen LogP contribution in [0.5, 0.6) is 5.75 Å². The molecule has 6 nitrogen and oxygen atoms in total. The Morgan fingerprint density at radius 3 is 2.33 bits per heavy atom. The largest absolute Gasteiger partial charge is 0.496 e. The van der Waals surface area contributed by atoms with Crippen LogP contribution >= 0.6 is 0 Å². The number of methoxy groups -OCH3 is 1. The highest BCUT2D eigenvalue weighted by atomic mass is 32.2. The van der Waals surface area contributed by atoms with Crippen LogP contribution in [0, 0.1) is 18.6 Å². The fraction of sp³-hybridized carbons (Fsp3) is 0.278. The van der Waals surface area contributed by atoms with E-state index in [0.29, 0.717) is 11.3 Å². The molecule has 0 heterocycles. The Kier molecular flexibility index (Phi) is 6.50. The smallest absolute Gasteiger partial charge is 0.243 e. The fourth-order valence-corrected chi connectivity index (χ4v) is 3.97. The number of aryl methyl sites for hydroxylation is 1. The highest BCUT2D eigenvalue weighted by Gasteiger charge is 2.26. The van der Waals surface area contributed by atoms with Crippen LogP contribution in [0.2, 0.25) is 0 Å². The molecule has 0 spiro atoms. The molecule has 0 aliphatic rings. The molecule has 2 aromatic carbocycles. The number of carbonyl (C=O) groups is 1. The molecule has 0 aliphatic heterocycles. The van der Waals surface area contributed by atoms with Crippen molar-refractivity contribution in [3.63, 3.8) is 0 Å². The quantitative estimate of drug-likeness (QED) is 0.778. The number of sulfonamides is 1. The number of halogens is 2. The van der Waals surface area contributed by atoms with E-state index in [2.05, 4.69) is 5.32 Å². The molecule has 0 saturated heterocycles. The molecular formula is C18H20F2N2O4S. The molecule has 9 heteroatoms.